The van der Waals surface area contributed by atoms with Gasteiger partial charge in [0.1, 0.15) is 5.75 Å². The summed E-state index contributed by atoms with van der Waals surface area (Å²) < 4.78 is 8.01. The SMILES string of the molecule is CCCN1C[C@@H](Nc2ccc3c(c2)CCO3)C[C@@H]2c3cccc4c3c(cn4C)C[C@H]21. The van der Waals surface area contributed by atoms with Gasteiger partial charge in [0.15, 0.2) is 0 Å². The maximum absolute atomic E-state index is 5.69. The van der Waals surface area contributed by atoms with E-state index in [0.29, 0.717) is 18.0 Å². The van der Waals surface area contributed by atoms with Crippen molar-refractivity contribution < 1.29 is 4.74 Å². The number of nitrogens with zero attached hydrogens (tertiary/aromatic N) is 2. The predicted octanol–water partition coefficient (Wildman–Crippen LogP) is 4.72. The van der Waals surface area contributed by atoms with Crippen molar-refractivity contribution in [3.05, 3.63) is 59.3 Å². The number of rotatable bonds is 4. The fraction of sp³-hybridized carbons (Fsp3) is 0.462. The van der Waals surface area contributed by atoms with E-state index in [4.69, 9.17) is 4.74 Å². The third-order valence-electron chi connectivity index (χ3n) is 7.45. The van der Waals surface area contributed by atoms with Gasteiger partial charge in [0.25, 0.3) is 0 Å². The highest BCUT2D eigenvalue weighted by molar-refractivity contribution is 5.89. The van der Waals surface area contributed by atoms with Crippen LogP contribution in [-0.4, -0.2) is 41.2 Å². The van der Waals surface area contributed by atoms with Crippen molar-refractivity contribution in [2.24, 2.45) is 7.05 Å². The van der Waals surface area contributed by atoms with Crippen LogP contribution in [0.2, 0.25) is 0 Å². The van der Waals surface area contributed by atoms with Crippen LogP contribution in [0.3, 0.4) is 0 Å². The lowest BCUT2D eigenvalue weighted by atomic mass is 9.73. The Morgan fingerprint density at radius 1 is 1.17 bits per heavy atom. The second-order valence-electron chi connectivity index (χ2n) is 9.38. The van der Waals surface area contributed by atoms with Crippen LogP contribution in [0.25, 0.3) is 10.9 Å². The topological polar surface area (TPSA) is 29.4 Å². The normalized spacial score (nSPS) is 25.1. The van der Waals surface area contributed by atoms with E-state index in [1.54, 1.807) is 5.56 Å². The predicted molar refractivity (Wildman–Crippen MR) is 123 cm³/mol. The van der Waals surface area contributed by atoms with Gasteiger partial charge in [-0.05, 0) is 66.8 Å². The maximum atomic E-state index is 5.69. The molecule has 0 bridgehead atoms. The van der Waals surface area contributed by atoms with Gasteiger partial charge in [-0.15, -0.1) is 0 Å². The highest BCUT2D eigenvalue weighted by Gasteiger charge is 2.40. The van der Waals surface area contributed by atoms with E-state index in [-0.39, 0.29) is 0 Å². The lowest BCUT2D eigenvalue weighted by Crippen LogP contribution is -2.53. The Balaban J connectivity index is 1.34. The third kappa shape index (κ3) is 2.84. The van der Waals surface area contributed by atoms with Crippen LogP contribution >= 0.6 is 0 Å². The molecule has 4 nitrogen and oxygen atoms in total. The summed E-state index contributed by atoms with van der Waals surface area (Å²) in [6.45, 7) is 5.43. The summed E-state index contributed by atoms with van der Waals surface area (Å²) in [7, 11) is 2.19. The van der Waals surface area contributed by atoms with Crippen molar-refractivity contribution in [1.82, 2.24) is 9.47 Å². The van der Waals surface area contributed by atoms with Gasteiger partial charge in [0.2, 0.25) is 0 Å². The molecule has 2 aliphatic heterocycles. The fourth-order valence-electron chi connectivity index (χ4n) is 6.24. The molecule has 30 heavy (non-hydrogen) atoms. The van der Waals surface area contributed by atoms with E-state index in [0.717, 1.165) is 25.3 Å². The Bertz CT molecular complexity index is 1100. The first kappa shape index (κ1) is 18.3. The summed E-state index contributed by atoms with van der Waals surface area (Å²) >= 11 is 0. The number of anilines is 1. The number of ether oxygens (including phenoxy) is 1. The van der Waals surface area contributed by atoms with Gasteiger partial charge in [0.05, 0.1) is 6.61 Å². The Morgan fingerprint density at radius 2 is 2.10 bits per heavy atom. The molecule has 6 rings (SSSR count). The van der Waals surface area contributed by atoms with Crippen LogP contribution in [0, 0.1) is 0 Å². The molecule has 0 unspecified atom stereocenters. The molecule has 4 heteroatoms. The molecule has 1 aliphatic carbocycles. The second kappa shape index (κ2) is 7.05. The largest absolute Gasteiger partial charge is 0.493 e. The molecule has 1 fully saturated rings. The zero-order valence-corrected chi connectivity index (χ0v) is 18.0. The average Bonchev–Trinajstić information content (AvgIpc) is 3.34. The van der Waals surface area contributed by atoms with Crippen LogP contribution < -0.4 is 10.1 Å². The van der Waals surface area contributed by atoms with Crippen molar-refractivity contribution >= 4 is 16.6 Å². The lowest BCUT2D eigenvalue weighted by Gasteiger charge is -2.47. The van der Waals surface area contributed by atoms with Gasteiger partial charge in [-0.25, -0.2) is 0 Å². The van der Waals surface area contributed by atoms with E-state index in [1.165, 1.54) is 53.5 Å². The quantitative estimate of drug-likeness (QED) is 0.686. The van der Waals surface area contributed by atoms with Crippen LogP contribution in [0.5, 0.6) is 5.75 Å². The van der Waals surface area contributed by atoms with E-state index < -0.39 is 0 Å². The molecule has 1 saturated heterocycles. The smallest absolute Gasteiger partial charge is 0.122 e. The molecule has 1 N–H and O–H groups in total. The molecule has 0 amide bonds. The van der Waals surface area contributed by atoms with Crippen LogP contribution in [0.15, 0.2) is 42.6 Å². The number of fused-ring (bicyclic) bond motifs is 3. The first-order valence-electron chi connectivity index (χ1n) is 11.5. The van der Waals surface area contributed by atoms with E-state index >= 15 is 0 Å². The van der Waals surface area contributed by atoms with Crippen molar-refractivity contribution in [1.29, 1.82) is 0 Å². The molecule has 0 radical (unpaired) electrons. The van der Waals surface area contributed by atoms with Gasteiger partial charge >= 0.3 is 0 Å². The average molecular weight is 402 g/mol. The number of benzene rings is 2. The molecule has 3 heterocycles. The molecule has 2 aromatic carbocycles. The minimum absolute atomic E-state index is 0.471. The summed E-state index contributed by atoms with van der Waals surface area (Å²) in [5.41, 5.74) is 7.07. The monoisotopic (exact) mass is 401 g/mol. The number of piperidine rings is 1. The second-order valence-corrected chi connectivity index (χ2v) is 9.38. The fourth-order valence-corrected chi connectivity index (χ4v) is 6.24. The molecule has 1 aromatic heterocycles. The summed E-state index contributed by atoms with van der Waals surface area (Å²) in [6, 6.07) is 14.6. The Hall–Kier alpha value is -2.46. The van der Waals surface area contributed by atoms with Gasteiger partial charge < -0.3 is 14.6 Å². The van der Waals surface area contributed by atoms with E-state index in [2.05, 4.69) is 71.4 Å². The Morgan fingerprint density at radius 3 is 3.00 bits per heavy atom. The third-order valence-corrected chi connectivity index (χ3v) is 7.45. The number of nitrogens with one attached hydrogen (secondary N) is 1. The first-order chi connectivity index (χ1) is 14.7. The minimum Gasteiger partial charge on any atom is -0.493 e. The molecule has 3 aliphatic rings. The van der Waals surface area contributed by atoms with Crippen LogP contribution in [-0.2, 0) is 19.9 Å². The summed E-state index contributed by atoms with van der Waals surface area (Å²) in [6.07, 6.45) is 6.98. The number of aryl methyl sites for hydroxylation is 1. The zero-order chi connectivity index (χ0) is 20.2. The van der Waals surface area contributed by atoms with Crippen molar-refractivity contribution in [2.75, 3.05) is 25.0 Å². The molecular weight excluding hydrogens is 370 g/mol. The molecule has 156 valence electrons. The van der Waals surface area contributed by atoms with Gasteiger partial charge in [0, 0.05) is 60.8 Å². The van der Waals surface area contributed by atoms with Gasteiger partial charge in [-0.3, -0.25) is 4.90 Å². The first-order valence-corrected chi connectivity index (χ1v) is 11.5. The highest BCUT2D eigenvalue weighted by atomic mass is 16.5. The Labute approximate surface area is 178 Å². The van der Waals surface area contributed by atoms with Crippen LogP contribution in [0.1, 0.15) is 42.4 Å². The van der Waals surface area contributed by atoms with E-state index in [1.807, 2.05) is 0 Å². The zero-order valence-electron chi connectivity index (χ0n) is 18.0. The summed E-state index contributed by atoms with van der Waals surface area (Å²) in [5, 5.41) is 5.41. The number of hydrogen-bond donors (Lipinski definition) is 1. The van der Waals surface area contributed by atoms with Crippen molar-refractivity contribution in [3.63, 3.8) is 0 Å². The molecule has 0 spiro atoms. The van der Waals surface area contributed by atoms with E-state index in [9.17, 15) is 0 Å². The minimum atomic E-state index is 0.471. The van der Waals surface area contributed by atoms with Crippen molar-refractivity contribution in [3.8, 4) is 5.75 Å². The molecule has 3 aromatic rings. The molecule has 0 saturated carbocycles. The van der Waals surface area contributed by atoms with Gasteiger partial charge in [-0.1, -0.05) is 19.1 Å². The standard InChI is InChI=1S/C26H31N3O/c1-3-10-29-16-20(27-19-7-8-25-17(12-19)9-11-30-25)14-22-21-5-4-6-23-26(21)18(13-24(22)29)15-28(23)2/h4-8,12,15,20,22,24,27H,3,9-11,13-14,16H2,1-2H3/t20-,22+,24+/m0/s1. The Kier molecular flexibility index (Phi) is 4.31. The summed E-state index contributed by atoms with van der Waals surface area (Å²) in [5.74, 6) is 1.66. The summed E-state index contributed by atoms with van der Waals surface area (Å²) in [4.78, 5) is 2.76. The van der Waals surface area contributed by atoms with Crippen molar-refractivity contribution in [2.45, 2.75) is 50.6 Å². The molecule has 3 atom stereocenters. The highest BCUT2D eigenvalue weighted by Crippen LogP contribution is 2.44. The number of hydrogen-bond acceptors (Lipinski definition) is 3. The van der Waals surface area contributed by atoms with Gasteiger partial charge in [-0.2, -0.15) is 0 Å². The van der Waals surface area contributed by atoms with Crippen LogP contribution in [0.4, 0.5) is 5.69 Å². The molecular formula is C26H31N3O. The number of aromatic nitrogens is 1. The number of likely N-dealkylation sites (tertiary alicyclic amines) is 1. The lowest BCUT2D eigenvalue weighted by molar-refractivity contribution is 0.115. The maximum Gasteiger partial charge on any atom is 0.122 e.